The molecule has 1 fully saturated rings. The van der Waals surface area contributed by atoms with Gasteiger partial charge in [0.2, 0.25) is 5.88 Å². The minimum absolute atomic E-state index is 0.0183. The van der Waals surface area contributed by atoms with Crippen molar-refractivity contribution < 1.29 is 22.7 Å². The zero-order chi connectivity index (χ0) is 15.9. The molecular weight excluding hydrogens is 323 g/mol. The molecule has 3 rings (SSSR count). The Balaban J connectivity index is 1.72. The normalized spacial score (nSPS) is 20.7. The summed E-state index contributed by atoms with van der Waals surface area (Å²) in [7, 11) is 0. The summed E-state index contributed by atoms with van der Waals surface area (Å²) in [5.74, 6) is -1.03. The Morgan fingerprint density at radius 3 is 2.73 bits per heavy atom. The third-order valence-electron chi connectivity index (χ3n) is 3.21. The Hall–Kier alpha value is -2.09. The number of alkyl halides is 3. The maximum atomic E-state index is 12.4. The minimum Gasteiger partial charge on any atom is -0.473 e. The average molecular weight is 332 g/mol. The topological polar surface area (TPSA) is 57.0 Å². The summed E-state index contributed by atoms with van der Waals surface area (Å²) >= 11 is 5.81. The summed E-state index contributed by atoms with van der Waals surface area (Å²) in [5, 5.41) is 4.01. The molecule has 116 valence electrons. The van der Waals surface area contributed by atoms with E-state index >= 15 is 0 Å². The van der Waals surface area contributed by atoms with Crippen molar-refractivity contribution in [2.24, 2.45) is 5.92 Å². The number of hydrogen-bond acceptors (Lipinski definition) is 4. The van der Waals surface area contributed by atoms with Crippen molar-refractivity contribution in [3.63, 3.8) is 0 Å². The van der Waals surface area contributed by atoms with Crippen LogP contribution < -0.4 is 4.74 Å². The number of halogens is 4. The molecule has 0 saturated heterocycles. The molecule has 0 aromatic carbocycles. The molecule has 1 aliphatic rings. The van der Waals surface area contributed by atoms with E-state index in [4.69, 9.17) is 16.3 Å². The van der Waals surface area contributed by atoms with Gasteiger partial charge >= 0.3 is 6.18 Å². The van der Waals surface area contributed by atoms with Crippen LogP contribution in [0.2, 0.25) is 5.15 Å². The molecule has 2 heterocycles. The standard InChI is InChI=1S/C13H9ClF3N3O2/c14-12-7(6-21)1-2-10(18-12)20-4-3-11(19-20)22-9-5-8(9)13(15,16)17/h1-4,6,8-9H,5H2. The fraction of sp³-hybridized carbons (Fsp3) is 0.308. The minimum atomic E-state index is -4.24. The molecular formula is C13H9ClF3N3O2. The van der Waals surface area contributed by atoms with E-state index in [2.05, 4.69) is 10.1 Å². The first kappa shape index (κ1) is 14.8. The third kappa shape index (κ3) is 2.92. The van der Waals surface area contributed by atoms with Crippen LogP contribution in [0.5, 0.6) is 5.88 Å². The summed E-state index contributed by atoms with van der Waals surface area (Å²) in [6.45, 7) is 0. The molecule has 0 bridgehead atoms. The van der Waals surface area contributed by atoms with Gasteiger partial charge in [0.25, 0.3) is 0 Å². The smallest absolute Gasteiger partial charge is 0.395 e. The van der Waals surface area contributed by atoms with Gasteiger partial charge in [-0.2, -0.15) is 13.2 Å². The number of carbonyl (C=O) groups is 1. The van der Waals surface area contributed by atoms with E-state index in [-0.39, 0.29) is 23.0 Å². The predicted molar refractivity (Wildman–Crippen MR) is 70.3 cm³/mol. The summed E-state index contributed by atoms with van der Waals surface area (Å²) in [5.41, 5.74) is 0.236. The number of pyridine rings is 1. The van der Waals surface area contributed by atoms with Gasteiger partial charge in [-0.05, 0) is 18.6 Å². The number of rotatable bonds is 4. The average Bonchev–Trinajstić information content (AvgIpc) is 3.07. The van der Waals surface area contributed by atoms with Crippen LogP contribution in [0.25, 0.3) is 5.82 Å². The number of ether oxygens (including phenoxy) is 1. The van der Waals surface area contributed by atoms with E-state index in [1.165, 1.54) is 29.1 Å². The van der Waals surface area contributed by atoms with E-state index < -0.39 is 18.2 Å². The summed E-state index contributed by atoms with van der Waals surface area (Å²) in [6, 6.07) is 4.43. The molecule has 1 saturated carbocycles. The lowest BCUT2D eigenvalue weighted by Crippen LogP contribution is -2.16. The summed E-state index contributed by atoms with van der Waals surface area (Å²) in [6.07, 6.45) is -3.14. The van der Waals surface area contributed by atoms with Gasteiger partial charge in [0.05, 0.1) is 11.5 Å². The highest BCUT2D eigenvalue weighted by atomic mass is 35.5. The van der Waals surface area contributed by atoms with Crippen molar-refractivity contribution in [3.05, 3.63) is 35.1 Å². The SMILES string of the molecule is O=Cc1ccc(-n2ccc(OC3CC3C(F)(F)F)n2)nc1Cl. The van der Waals surface area contributed by atoms with Crippen molar-refractivity contribution in [1.82, 2.24) is 14.8 Å². The van der Waals surface area contributed by atoms with Gasteiger partial charge in [-0.25, -0.2) is 9.67 Å². The molecule has 2 aromatic heterocycles. The monoisotopic (exact) mass is 331 g/mol. The van der Waals surface area contributed by atoms with Crippen LogP contribution in [0, 0.1) is 5.92 Å². The molecule has 1 aliphatic carbocycles. The van der Waals surface area contributed by atoms with Gasteiger partial charge in [-0.15, -0.1) is 5.10 Å². The highest BCUT2D eigenvalue weighted by Crippen LogP contribution is 2.46. The van der Waals surface area contributed by atoms with Crippen molar-refractivity contribution in [3.8, 4) is 11.7 Å². The molecule has 0 radical (unpaired) electrons. The van der Waals surface area contributed by atoms with Crippen LogP contribution in [0.15, 0.2) is 24.4 Å². The van der Waals surface area contributed by atoms with Gasteiger partial charge in [-0.3, -0.25) is 4.79 Å². The molecule has 9 heteroatoms. The Kier molecular flexibility index (Phi) is 3.56. The third-order valence-corrected chi connectivity index (χ3v) is 3.52. The van der Waals surface area contributed by atoms with Gasteiger partial charge in [-0.1, -0.05) is 11.6 Å². The lowest BCUT2D eigenvalue weighted by Gasteiger charge is -2.05. The Labute approximate surface area is 127 Å². The maximum Gasteiger partial charge on any atom is 0.395 e. The van der Waals surface area contributed by atoms with Crippen LogP contribution >= 0.6 is 11.6 Å². The largest absolute Gasteiger partial charge is 0.473 e. The molecule has 2 aromatic rings. The zero-order valence-corrected chi connectivity index (χ0v) is 11.7. The number of nitrogens with zero attached hydrogens (tertiary/aromatic N) is 3. The first-order valence-corrected chi connectivity index (χ1v) is 6.67. The number of aromatic nitrogens is 3. The van der Waals surface area contributed by atoms with Crippen molar-refractivity contribution in [2.75, 3.05) is 0 Å². The number of hydrogen-bond donors (Lipinski definition) is 0. The number of aldehydes is 1. The second-order valence-corrected chi connectivity index (χ2v) is 5.16. The van der Waals surface area contributed by atoms with E-state index in [0.717, 1.165) is 0 Å². The molecule has 22 heavy (non-hydrogen) atoms. The first-order chi connectivity index (χ1) is 10.4. The van der Waals surface area contributed by atoms with E-state index in [1.807, 2.05) is 0 Å². The second-order valence-electron chi connectivity index (χ2n) is 4.81. The van der Waals surface area contributed by atoms with E-state index in [0.29, 0.717) is 12.1 Å². The molecule has 5 nitrogen and oxygen atoms in total. The summed E-state index contributed by atoms with van der Waals surface area (Å²) in [4.78, 5) is 14.6. The molecule has 0 N–H and O–H groups in total. The lowest BCUT2D eigenvalue weighted by molar-refractivity contribution is -0.153. The zero-order valence-electron chi connectivity index (χ0n) is 10.9. The van der Waals surface area contributed by atoms with Gasteiger partial charge in [0.1, 0.15) is 11.3 Å². The van der Waals surface area contributed by atoms with Crippen LogP contribution in [-0.4, -0.2) is 33.3 Å². The van der Waals surface area contributed by atoms with Gasteiger partial charge in [0, 0.05) is 12.3 Å². The Morgan fingerprint density at radius 2 is 2.14 bits per heavy atom. The molecule has 0 spiro atoms. The first-order valence-electron chi connectivity index (χ1n) is 6.29. The van der Waals surface area contributed by atoms with Crippen molar-refractivity contribution in [2.45, 2.75) is 18.7 Å². The lowest BCUT2D eigenvalue weighted by atomic mass is 10.3. The van der Waals surface area contributed by atoms with Crippen LogP contribution in [0.1, 0.15) is 16.8 Å². The highest BCUT2D eigenvalue weighted by molar-refractivity contribution is 6.31. The fourth-order valence-electron chi connectivity index (χ4n) is 1.95. The van der Waals surface area contributed by atoms with Gasteiger partial charge < -0.3 is 4.74 Å². The van der Waals surface area contributed by atoms with Crippen molar-refractivity contribution >= 4 is 17.9 Å². The van der Waals surface area contributed by atoms with Gasteiger partial charge in [0.15, 0.2) is 12.1 Å². The second kappa shape index (κ2) is 5.28. The quantitative estimate of drug-likeness (QED) is 0.638. The van der Waals surface area contributed by atoms with Crippen LogP contribution in [0.3, 0.4) is 0 Å². The molecule has 0 amide bonds. The Morgan fingerprint density at radius 1 is 1.36 bits per heavy atom. The van der Waals surface area contributed by atoms with E-state index in [9.17, 15) is 18.0 Å². The molecule has 0 aliphatic heterocycles. The maximum absolute atomic E-state index is 12.4. The number of carbonyl (C=O) groups excluding carboxylic acids is 1. The fourth-order valence-corrected chi connectivity index (χ4v) is 2.14. The Bertz CT molecular complexity index is 717. The summed E-state index contributed by atoms with van der Waals surface area (Å²) < 4.78 is 43.7. The van der Waals surface area contributed by atoms with Crippen molar-refractivity contribution in [1.29, 1.82) is 0 Å². The van der Waals surface area contributed by atoms with Crippen LogP contribution in [-0.2, 0) is 0 Å². The van der Waals surface area contributed by atoms with E-state index in [1.54, 1.807) is 0 Å². The molecule has 2 unspecified atom stereocenters. The predicted octanol–water partition coefficient (Wildman–Crippen LogP) is 3.06. The van der Waals surface area contributed by atoms with Crippen LogP contribution in [0.4, 0.5) is 13.2 Å². The highest BCUT2D eigenvalue weighted by Gasteiger charge is 2.57. The molecule has 2 atom stereocenters.